The van der Waals surface area contributed by atoms with E-state index in [-0.39, 0.29) is 20.4 Å². The summed E-state index contributed by atoms with van der Waals surface area (Å²) in [6.45, 7) is 0. The molecule has 2 rings (SSSR count). The maximum atomic E-state index is 4.12. The fraction of sp³-hybridized carbons (Fsp3) is 0. The van der Waals surface area contributed by atoms with Gasteiger partial charge in [0.25, 0.3) is 0 Å². The van der Waals surface area contributed by atoms with Crippen LogP contribution >= 0.6 is 0 Å². The predicted octanol–water partition coefficient (Wildman–Crippen LogP) is 1.79. The second-order valence-corrected chi connectivity index (χ2v) is 2.00. The molecule has 51 valence electrons. The van der Waals surface area contributed by atoms with Gasteiger partial charge in [-0.1, -0.05) is 30.3 Å². The number of hydrogen-bond acceptors (Lipinski definition) is 0. The summed E-state index contributed by atoms with van der Waals surface area (Å²) in [6, 6.07) is 10.1. The first kappa shape index (κ1) is 7.53. The van der Waals surface area contributed by atoms with Gasteiger partial charge >= 0.3 is 0 Å². The number of benzene rings is 1. The molecule has 0 N–H and O–H groups in total. The van der Waals surface area contributed by atoms with Gasteiger partial charge in [-0.3, -0.25) is 0 Å². The zero-order chi connectivity index (χ0) is 6.10. The van der Waals surface area contributed by atoms with E-state index in [0.29, 0.717) is 0 Å². The van der Waals surface area contributed by atoms with Gasteiger partial charge < -0.3 is 4.98 Å². The number of rotatable bonds is 0. The first-order valence-corrected chi connectivity index (χ1v) is 2.93. The van der Waals surface area contributed by atoms with E-state index in [4.69, 9.17) is 0 Å². The van der Waals surface area contributed by atoms with Crippen LogP contribution in [0.1, 0.15) is 0 Å². The molecule has 2 aromatic rings. The third kappa shape index (κ3) is 1.14. The molecule has 1 aromatic heterocycles. The molecule has 0 atom stereocenters. The Labute approximate surface area is 73.1 Å². The zero-order valence-electron chi connectivity index (χ0n) is 5.29. The Morgan fingerprint density at radius 2 is 1.80 bits per heavy atom. The van der Waals surface area contributed by atoms with E-state index in [1.54, 1.807) is 0 Å². The summed E-state index contributed by atoms with van der Waals surface area (Å²) in [4.78, 5) is 4.12. The summed E-state index contributed by atoms with van der Waals surface area (Å²) in [5.74, 6) is 0. The van der Waals surface area contributed by atoms with Gasteiger partial charge in [0.15, 0.2) is 0 Å². The quantitative estimate of drug-likeness (QED) is 0.724. The molecule has 1 nitrogen and oxygen atoms in total. The molecule has 0 aliphatic rings. The van der Waals surface area contributed by atoms with Crippen molar-refractivity contribution in [2.75, 3.05) is 0 Å². The van der Waals surface area contributed by atoms with E-state index in [0.717, 1.165) is 5.52 Å². The minimum atomic E-state index is 0. The SMILES string of the molecule is [Re].c1ccc2[n-]ccc2c1. The zero-order valence-corrected chi connectivity index (χ0v) is 8.01. The van der Waals surface area contributed by atoms with Crippen LogP contribution in [-0.2, 0) is 20.4 Å². The Kier molecular flexibility index (Phi) is 2.26. The third-order valence-corrected chi connectivity index (χ3v) is 1.40. The molecule has 0 bridgehead atoms. The van der Waals surface area contributed by atoms with Crippen molar-refractivity contribution in [1.29, 1.82) is 0 Å². The number of nitrogens with zero attached hydrogens (tertiary/aromatic N) is 1. The molecule has 0 saturated carbocycles. The van der Waals surface area contributed by atoms with E-state index in [9.17, 15) is 0 Å². The van der Waals surface area contributed by atoms with Crippen molar-refractivity contribution in [3.8, 4) is 0 Å². The topological polar surface area (TPSA) is 14.1 Å². The Balaban J connectivity index is 0.000000500. The maximum absolute atomic E-state index is 4.12. The summed E-state index contributed by atoms with van der Waals surface area (Å²) in [6.07, 6.45) is 1.82. The summed E-state index contributed by atoms with van der Waals surface area (Å²) in [5, 5.41) is 1.22. The van der Waals surface area contributed by atoms with Crippen molar-refractivity contribution < 1.29 is 20.4 Å². The van der Waals surface area contributed by atoms with Crippen molar-refractivity contribution in [2.24, 2.45) is 0 Å². The molecular weight excluding hydrogens is 296 g/mol. The predicted molar refractivity (Wildman–Crippen MR) is 37.3 cm³/mol. The largest absolute Gasteiger partial charge is 0.664 e. The van der Waals surface area contributed by atoms with Crippen molar-refractivity contribution in [3.05, 3.63) is 36.5 Å². The van der Waals surface area contributed by atoms with Gasteiger partial charge in [-0.15, -0.1) is 5.52 Å². The molecule has 0 aliphatic carbocycles. The van der Waals surface area contributed by atoms with Crippen molar-refractivity contribution >= 4 is 10.9 Å². The Morgan fingerprint density at radius 3 is 2.60 bits per heavy atom. The first-order valence-electron chi connectivity index (χ1n) is 2.93. The molecule has 2 heteroatoms. The fourth-order valence-electron chi connectivity index (χ4n) is 0.944. The molecular formula is C8H6NRe-. The molecule has 0 unspecified atom stereocenters. The van der Waals surface area contributed by atoms with Crippen LogP contribution in [0.25, 0.3) is 10.9 Å². The Morgan fingerprint density at radius 1 is 1.00 bits per heavy atom. The van der Waals surface area contributed by atoms with Crippen LogP contribution in [0, 0.1) is 0 Å². The summed E-state index contributed by atoms with van der Waals surface area (Å²) < 4.78 is 0. The number of para-hydroxylation sites is 1. The van der Waals surface area contributed by atoms with Gasteiger partial charge in [0.2, 0.25) is 0 Å². The second-order valence-electron chi connectivity index (χ2n) is 2.00. The van der Waals surface area contributed by atoms with Gasteiger partial charge in [0.1, 0.15) is 0 Å². The van der Waals surface area contributed by atoms with E-state index in [2.05, 4.69) is 11.1 Å². The number of hydrogen-bond donors (Lipinski definition) is 0. The van der Waals surface area contributed by atoms with Gasteiger partial charge in [0.05, 0.1) is 0 Å². The Hall–Kier alpha value is -0.578. The van der Waals surface area contributed by atoms with Crippen LogP contribution in [0.2, 0.25) is 0 Å². The summed E-state index contributed by atoms with van der Waals surface area (Å²) in [5.41, 5.74) is 1.08. The molecule has 0 aliphatic heterocycles. The molecule has 0 spiro atoms. The van der Waals surface area contributed by atoms with Crippen LogP contribution in [0.15, 0.2) is 36.5 Å². The van der Waals surface area contributed by atoms with Crippen molar-refractivity contribution in [2.45, 2.75) is 0 Å². The molecule has 0 amide bonds. The molecule has 1 heterocycles. The van der Waals surface area contributed by atoms with Gasteiger partial charge in [0, 0.05) is 20.4 Å². The van der Waals surface area contributed by atoms with E-state index in [1.165, 1.54) is 5.39 Å². The normalized spacial score (nSPS) is 9.20. The minimum Gasteiger partial charge on any atom is -0.664 e. The number of aromatic nitrogens is 1. The summed E-state index contributed by atoms with van der Waals surface area (Å²) in [7, 11) is 0. The minimum absolute atomic E-state index is 0. The summed E-state index contributed by atoms with van der Waals surface area (Å²) >= 11 is 0. The standard InChI is InChI=1S/C8H6N.Re/c1-2-4-8-7(3-1)5-6-9-8;/h1-6H;/q-1;. The Bertz CT molecular complexity index is 283. The van der Waals surface area contributed by atoms with Crippen molar-refractivity contribution in [3.63, 3.8) is 0 Å². The van der Waals surface area contributed by atoms with E-state index >= 15 is 0 Å². The second kappa shape index (κ2) is 3.01. The van der Waals surface area contributed by atoms with Crippen LogP contribution in [0.4, 0.5) is 0 Å². The average molecular weight is 302 g/mol. The van der Waals surface area contributed by atoms with Crippen LogP contribution < -0.4 is 4.98 Å². The van der Waals surface area contributed by atoms with Gasteiger partial charge in [-0.2, -0.15) is 6.20 Å². The van der Waals surface area contributed by atoms with Crippen LogP contribution in [0.5, 0.6) is 0 Å². The smallest absolute Gasteiger partial charge is 0 e. The molecule has 10 heavy (non-hydrogen) atoms. The maximum Gasteiger partial charge on any atom is 0 e. The fourth-order valence-corrected chi connectivity index (χ4v) is 0.944. The van der Waals surface area contributed by atoms with Crippen LogP contribution in [0.3, 0.4) is 0 Å². The molecule has 1 radical (unpaired) electrons. The first-order chi connectivity index (χ1) is 4.47. The van der Waals surface area contributed by atoms with E-state index < -0.39 is 0 Å². The average Bonchev–Trinajstić information content (AvgIpc) is 2.33. The molecule has 0 saturated heterocycles. The third-order valence-electron chi connectivity index (χ3n) is 1.40. The monoisotopic (exact) mass is 303 g/mol. The number of fused-ring (bicyclic) bond motifs is 1. The van der Waals surface area contributed by atoms with Crippen LogP contribution in [-0.4, -0.2) is 0 Å². The van der Waals surface area contributed by atoms with Crippen molar-refractivity contribution in [1.82, 2.24) is 4.98 Å². The van der Waals surface area contributed by atoms with Gasteiger partial charge in [-0.05, 0) is 5.39 Å². The molecule has 0 fully saturated rings. The molecule has 1 aromatic carbocycles. The van der Waals surface area contributed by atoms with Gasteiger partial charge in [-0.25, -0.2) is 0 Å². The van der Waals surface area contributed by atoms with E-state index in [1.807, 2.05) is 30.5 Å².